The Morgan fingerprint density at radius 3 is 2.42 bits per heavy atom. The Kier molecular flexibility index (Phi) is 5.93. The number of nitrogens with zero attached hydrogens (tertiary/aromatic N) is 1. The Morgan fingerprint density at radius 1 is 1.19 bits per heavy atom. The predicted molar refractivity (Wildman–Crippen MR) is 97.4 cm³/mol. The van der Waals surface area contributed by atoms with Crippen LogP contribution in [0.3, 0.4) is 0 Å². The second-order valence-corrected chi connectivity index (χ2v) is 7.18. The minimum absolute atomic E-state index is 0.155. The van der Waals surface area contributed by atoms with E-state index < -0.39 is 30.1 Å². The zero-order chi connectivity index (χ0) is 19.3. The van der Waals surface area contributed by atoms with Crippen molar-refractivity contribution in [2.24, 2.45) is 0 Å². The molecule has 2 aromatic rings. The Morgan fingerprint density at radius 2 is 1.85 bits per heavy atom. The molecule has 2 amide bonds. The standard InChI is InChI=1S/C17H19N3O5S/c1-17(2,3)25-16(24)19-11-6-4-10(5-7-11)15-20-12(9-26-15)14(23)18-8-13(21)22/h4-7,9H,8H2,1-3H3,(H,18,23)(H,19,24)(H,21,22). The van der Waals surface area contributed by atoms with Gasteiger partial charge in [0.15, 0.2) is 0 Å². The highest BCUT2D eigenvalue weighted by Crippen LogP contribution is 2.25. The Bertz CT molecular complexity index is 809. The quantitative estimate of drug-likeness (QED) is 0.737. The number of thiazole rings is 1. The highest BCUT2D eigenvalue weighted by Gasteiger charge is 2.16. The summed E-state index contributed by atoms with van der Waals surface area (Å²) in [4.78, 5) is 38.2. The highest BCUT2D eigenvalue weighted by atomic mass is 32.1. The van der Waals surface area contributed by atoms with Gasteiger partial charge >= 0.3 is 12.1 Å². The molecular weight excluding hydrogens is 358 g/mol. The molecule has 0 spiro atoms. The van der Waals surface area contributed by atoms with Crippen LogP contribution in [0.4, 0.5) is 10.5 Å². The van der Waals surface area contributed by atoms with E-state index in [-0.39, 0.29) is 5.69 Å². The molecule has 9 heteroatoms. The molecule has 0 atom stereocenters. The molecule has 3 N–H and O–H groups in total. The molecule has 0 aliphatic carbocycles. The smallest absolute Gasteiger partial charge is 0.412 e. The second-order valence-electron chi connectivity index (χ2n) is 6.32. The summed E-state index contributed by atoms with van der Waals surface area (Å²) in [6.07, 6.45) is -0.545. The first-order chi connectivity index (χ1) is 12.1. The van der Waals surface area contributed by atoms with Crippen molar-refractivity contribution in [2.45, 2.75) is 26.4 Å². The van der Waals surface area contributed by atoms with Crippen molar-refractivity contribution in [2.75, 3.05) is 11.9 Å². The number of benzene rings is 1. The molecule has 0 fully saturated rings. The lowest BCUT2D eigenvalue weighted by Gasteiger charge is -2.19. The highest BCUT2D eigenvalue weighted by molar-refractivity contribution is 7.13. The van der Waals surface area contributed by atoms with E-state index in [4.69, 9.17) is 9.84 Å². The maximum Gasteiger partial charge on any atom is 0.412 e. The zero-order valence-electron chi connectivity index (χ0n) is 14.5. The van der Waals surface area contributed by atoms with E-state index in [9.17, 15) is 14.4 Å². The minimum Gasteiger partial charge on any atom is -0.480 e. The summed E-state index contributed by atoms with van der Waals surface area (Å²) >= 11 is 1.26. The molecule has 1 heterocycles. The van der Waals surface area contributed by atoms with E-state index in [1.807, 2.05) is 0 Å². The summed E-state index contributed by atoms with van der Waals surface area (Å²) in [5.41, 5.74) is 0.908. The third kappa shape index (κ3) is 5.85. The van der Waals surface area contributed by atoms with Gasteiger partial charge in [-0.15, -0.1) is 11.3 Å². The van der Waals surface area contributed by atoms with Gasteiger partial charge in [-0.1, -0.05) is 0 Å². The summed E-state index contributed by atoms with van der Waals surface area (Å²) in [7, 11) is 0. The number of ether oxygens (including phenoxy) is 1. The number of anilines is 1. The number of aromatic nitrogens is 1. The average molecular weight is 377 g/mol. The van der Waals surface area contributed by atoms with Crippen LogP contribution in [0.15, 0.2) is 29.6 Å². The summed E-state index contributed by atoms with van der Waals surface area (Å²) in [5, 5.41) is 15.6. The van der Waals surface area contributed by atoms with Crippen molar-refractivity contribution in [1.82, 2.24) is 10.3 Å². The molecule has 26 heavy (non-hydrogen) atoms. The number of hydrogen-bond donors (Lipinski definition) is 3. The SMILES string of the molecule is CC(C)(C)OC(=O)Nc1ccc(-c2nc(C(=O)NCC(=O)O)cs2)cc1. The molecule has 0 saturated heterocycles. The van der Waals surface area contributed by atoms with Gasteiger partial charge in [-0.2, -0.15) is 0 Å². The van der Waals surface area contributed by atoms with Crippen molar-refractivity contribution >= 4 is 35.0 Å². The number of amides is 2. The fourth-order valence-corrected chi connectivity index (χ4v) is 2.68. The third-order valence-electron chi connectivity index (χ3n) is 2.91. The molecule has 1 aromatic carbocycles. The molecule has 1 aromatic heterocycles. The van der Waals surface area contributed by atoms with E-state index >= 15 is 0 Å². The lowest BCUT2D eigenvalue weighted by atomic mass is 10.2. The number of hydrogen-bond acceptors (Lipinski definition) is 6. The number of carboxylic acids is 1. The second kappa shape index (κ2) is 7.96. The molecule has 8 nitrogen and oxygen atoms in total. The van der Waals surface area contributed by atoms with Gasteiger partial charge in [-0.3, -0.25) is 14.9 Å². The monoisotopic (exact) mass is 377 g/mol. The first-order valence-electron chi connectivity index (χ1n) is 7.70. The maximum absolute atomic E-state index is 11.8. The van der Waals surface area contributed by atoms with E-state index in [0.29, 0.717) is 10.7 Å². The predicted octanol–water partition coefficient (Wildman–Crippen LogP) is 2.97. The van der Waals surface area contributed by atoms with Crippen molar-refractivity contribution in [3.05, 3.63) is 35.3 Å². The number of aliphatic carboxylic acids is 1. The van der Waals surface area contributed by atoms with Crippen LogP contribution in [0, 0.1) is 0 Å². The third-order valence-corrected chi connectivity index (χ3v) is 3.81. The number of nitrogens with one attached hydrogen (secondary N) is 2. The Labute approximate surface area is 154 Å². The van der Waals surface area contributed by atoms with Crippen LogP contribution < -0.4 is 10.6 Å². The lowest BCUT2D eigenvalue weighted by Crippen LogP contribution is -2.29. The van der Waals surface area contributed by atoms with E-state index in [1.165, 1.54) is 11.3 Å². The molecule has 0 bridgehead atoms. The summed E-state index contributed by atoms with van der Waals surface area (Å²) in [6.45, 7) is 4.88. The van der Waals surface area contributed by atoms with E-state index in [1.54, 1.807) is 50.4 Å². The molecule has 0 unspecified atom stereocenters. The normalized spacial score (nSPS) is 10.9. The molecule has 0 aliphatic rings. The fraction of sp³-hybridized carbons (Fsp3) is 0.294. The Hall–Kier alpha value is -2.94. The largest absolute Gasteiger partial charge is 0.480 e. The molecule has 0 aliphatic heterocycles. The van der Waals surface area contributed by atoms with E-state index in [0.717, 1.165) is 5.56 Å². The summed E-state index contributed by atoms with van der Waals surface area (Å²) in [5.74, 6) is -1.67. The van der Waals surface area contributed by atoms with Crippen molar-refractivity contribution in [3.63, 3.8) is 0 Å². The number of carbonyl (C=O) groups excluding carboxylic acids is 2. The molecule has 2 rings (SSSR count). The maximum atomic E-state index is 11.8. The number of carboxylic acid groups (broad SMARTS) is 1. The van der Waals surface area contributed by atoms with Crippen molar-refractivity contribution in [1.29, 1.82) is 0 Å². The van der Waals surface area contributed by atoms with Crippen LogP contribution in [0.1, 0.15) is 31.3 Å². The van der Waals surface area contributed by atoms with Gasteiger partial charge in [-0.25, -0.2) is 9.78 Å². The van der Waals surface area contributed by atoms with Gasteiger partial charge in [0.1, 0.15) is 22.8 Å². The Balaban J connectivity index is 2.01. The van der Waals surface area contributed by atoms with Crippen molar-refractivity contribution < 1.29 is 24.2 Å². The molecular formula is C17H19N3O5S. The number of carbonyl (C=O) groups is 3. The van der Waals surface area contributed by atoms with Crippen LogP contribution in [-0.4, -0.2) is 40.2 Å². The van der Waals surface area contributed by atoms with Crippen LogP contribution in [0.2, 0.25) is 0 Å². The molecule has 138 valence electrons. The van der Waals surface area contributed by atoms with Crippen molar-refractivity contribution in [3.8, 4) is 10.6 Å². The summed E-state index contributed by atoms with van der Waals surface area (Å²) in [6, 6.07) is 6.91. The number of rotatable bonds is 5. The van der Waals surface area contributed by atoms with E-state index in [2.05, 4.69) is 15.6 Å². The molecule has 0 radical (unpaired) electrons. The zero-order valence-corrected chi connectivity index (χ0v) is 15.3. The van der Waals surface area contributed by atoms with Gasteiger partial charge in [0.25, 0.3) is 5.91 Å². The summed E-state index contributed by atoms with van der Waals surface area (Å²) < 4.78 is 5.18. The van der Waals surface area contributed by atoms with Crippen LogP contribution in [0.5, 0.6) is 0 Å². The van der Waals surface area contributed by atoms with Gasteiger partial charge in [0, 0.05) is 16.6 Å². The first-order valence-corrected chi connectivity index (χ1v) is 8.58. The van der Waals surface area contributed by atoms with Crippen LogP contribution in [-0.2, 0) is 9.53 Å². The first kappa shape index (κ1) is 19.4. The fourth-order valence-electron chi connectivity index (χ4n) is 1.87. The topological polar surface area (TPSA) is 118 Å². The van der Waals surface area contributed by atoms with Gasteiger partial charge < -0.3 is 15.2 Å². The van der Waals surface area contributed by atoms with Gasteiger partial charge in [0.2, 0.25) is 0 Å². The minimum atomic E-state index is -1.12. The van der Waals surface area contributed by atoms with Gasteiger partial charge in [-0.05, 0) is 45.0 Å². The molecule has 0 saturated carbocycles. The van der Waals surface area contributed by atoms with Crippen LogP contribution in [0.25, 0.3) is 10.6 Å². The lowest BCUT2D eigenvalue weighted by molar-refractivity contribution is -0.135. The average Bonchev–Trinajstić information content (AvgIpc) is 3.01. The van der Waals surface area contributed by atoms with Gasteiger partial charge in [0.05, 0.1) is 0 Å². The van der Waals surface area contributed by atoms with Crippen LogP contribution >= 0.6 is 11.3 Å².